The van der Waals surface area contributed by atoms with E-state index in [1.165, 1.54) is 0 Å². The summed E-state index contributed by atoms with van der Waals surface area (Å²) >= 11 is 0. The molecule has 1 aromatic carbocycles. The van der Waals surface area contributed by atoms with E-state index in [0.717, 1.165) is 5.56 Å². The molecule has 0 saturated heterocycles. The molecule has 8 heteroatoms. The molecular formula is C18H24N4O4. The van der Waals surface area contributed by atoms with Crippen molar-refractivity contribution in [3.63, 3.8) is 0 Å². The smallest absolute Gasteiger partial charge is 0.408 e. The summed E-state index contributed by atoms with van der Waals surface area (Å²) in [4.78, 5) is 28.1. The molecule has 1 unspecified atom stereocenters. The first kappa shape index (κ1) is 19.4. The summed E-state index contributed by atoms with van der Waals surface area (Å²) in [5.41, 5.74) is 0.362. The quantitative estimate of drug-likeness (QED) is 0.767. The fourth-order valence-electron chi connectivity index (χ4n) is 2.23. The summed E-state index contributed by atoms with van der Waals surface area (Å²) in [6.07, 6.45) is -0.120. The van der Waals surface area contributed by atoms with Gasteiger partial charge in [-0.15, -0.1) is 5.10 Å². The molecule has 8 nitrogen and oxygen atoms in total. The number of hydrogen-bond donors (Lipinski definition) is 2. The monoisotopic (exact) mass is 360 g/mol. The number of hydrogen-bond acceptors (Lipinski definition) is 6. The lowest BCUT2D eigenvalue weighted by atomic mass is 10.1. The van der Waals surface area contributed by atoms with Crippen molar-refractivity contribution >= 4 is 12.1 Å². The number of benzene rings is 1. The predicted octanol–water partition coefficient (Wildman–Crippen LogP) is 2.79. The number of ether oxygens (including phenoxy) is 2. The maximum atomic E-state index is 12.2. The van der Waals surface area contributed by atoms with E-state index in [9.17, 15) is 9.59 Å². The maximum Gasteiger partial charge on any atom is 0.408 e. The third kappa shape index (κ3) is 5.87. The van der Waals surface area contributed by atoms with E-state index < -0.39 is 23.7 Å². The Labute approximate surface area is 152 Å². The third-order valence-corrected chi connectivity index (χ3v) is 3.26. The molecule has 0 saturated carbocycles. The molecule has 0 aliphatic rings. The number of H-pyrrole nitrogens is 1. The van der Waals surface area contributed by atoms with Crippen molar-refractivity contribution in [2.75, 3.05) is 6.61 Å². The highest BCUT2D eigenvalue weighted by molar-refractivity contribution is 5.85. The number of rotatable bonds is 6. The van der Waals surface area contributed by atoms with Gasteiger partial charge in [-0.25, -0.2) is 14.6 Å². The zero-order valence-corrected chi connectivity index (χ0v) is 15.4. The van der Waals surface area contributed by atoms with Crippen LogP contribution in [0.4, 0.5) is 4.79 Å². The van der Waals surface area contributed by atoms with Gasteiger partial charge in [-0.05, 0) is 33.3 Å². The minimum atomic E-state index is -0.626. The highest BCUT2D eigenvalue weighted by Gasteiger charge is 2.24. The highest BCUT2D eigenvalue weighted by Crippen LogP contribution is 2.17. The normalized spacial score (nSPS) is 12.3. The van der Waals surface area contributed by atoms with Gasteiger partial charge in [0.15, 0.2) is 0 Å². The van der Waals surface area contributed by atoms with Crippen LogP contribution in [-0.2, 0) is 15.9 Å². The Morgan fingerprint density at radius 3 is 2.54 bits per heavy atom. The zero-order valence-electron chi connectivity index (χ0n) is 15.4. The summed E-state index contributed by atoms with van der Waals surface area (Å²) in [6, 6.07) is 9.06. The van der Waals surface area contributed by atoms with Crippen LogP contribution in [0.2, 0.25) is 0 Å². The predicted molar refractivity (Wildman–Crippen MR) is 94.6 cm³/mol. The Morgan fingerprint density at radius 1 is 1.23 bits per heavy atom. The largest absolute Gasteiger partial charge is 0.460 e. The molecule has 1 aromatic heterocycles. The van der Waals surface area contributed by atoms with Gasteiger partial charge in [0.1, 0.15) is 11.4 Å². The molecule has 26 heavy (non-hydrogen) atoms. The van der Waals surface area contributed by atoms with Crippen LogP contribution in [0.25, 0.3) is 0 Å². The topological polar surface area (TPSA) is 106 Å². The Balaban J connectivity index is 2.20. The summed E-state index contributed by atoms with van der Waals surface area (Å²) in [5, 5.41) is 9.35. The van der Waals surface area contributed by atoms with E-state index >= 15 is 0 Å². The SMILES string of the molecule is CCOC(=O)c1n[nH]c(C(Cc2ccccc2)NC(=O)OC(C)(C)C)n1. The first-order valence-electron chi connectivity index (χ1n) is 8.41. The Bertz CT molecular complexity index is 737. The van der Waals surface area contributed by atoms with E-state index in [1.54, 1.807) is 27.7 Å². The first-order valence-corrected chi connectivity index (χ1v) is 8.41. The van der Waals surface area contributed by atoms with Crippen LogP contribution in [0.3, 0.4) is 0 Å². The van der Waals surface area contributed by atoms with Crippen molar-refractivity contribution in [2.24, 2.45) is 0 Å². The van der Waals surface area contributed by atoms with E-state index in [2.05, 4.69) is 20.5 Å². The summed E-state index contributed by atoms with van der Waals surface area (Å²) in [6.45, 7) is 7.28. The molecule has 1 amide bonds. The summed E-state index contributed by atoms with van der Waals surface area (Å²) in [5.74, 6) is -0.348. The Hall–Kier alpha value is -2.90. The average molecular weight is 360 g/mol. The second kappa shape index (κ2) is 8.46. The molecule has 140 valence electrons. The number of esters is 1. The van der Waals surface area contributed by atoms with Crippen molar-refractivity contribution in [3.8, 4) is 0 Å². The maximum absolute atomic E-state index is 12.2. The number of alkyl carbamates (subject to hydrolysis) is 1. The molecule has 0 aliphatic carbocycles. The first-order chi connectivity index (χ1) is 12.3. The van der Waals surface area contributed by atoms with Gasteiger partial charge in [-0.3, -0.25) is 5.10 Å². The van der Waals surface area contributed by atoms with Crippen LogP contribution in [0.5, 0.6) is 0 Å². The minimum absolute atomic E-state index is 0.0779. The van der Waals surface area contributed by atoms with Crippen LogP contribution in [0, 0.1) is 0 Å². The molecule has 0 fully saturated rings. The number of carbonyl (C=O) groups excluding carboxylic acids is 2. The van der Waals surface area contributed by atoms with Gasteiger partial charge >= 0.3 is 12.1 Å². The number of aromatic amines is 1. The minimum Gasteiger partial charge on any atom is -0.460 e. The molecule has 0 bridgehead atoms. The molecule has 2 aromatic rings. The van der Waals surface area contributed by atoms with Gasteiger partial charge in [-0.2, -0.15) is 0 Å². The molecule has 2 N–H and O–H groups in total. The van der Waals surface area contributed by atoms with Gasteiger partial charge in [0.25, 0.3) is 5.82 Å². The summed E-state index contributed by atoms with van der Waals surface area (Å²) in [7, 11) is 0. The van der Waals surface area contributed by atoms with E-state index in [1.807, 2.05) is 30.3 Å². The van der Waals surface area contributed by atoms with Gasteiger partial charge in [-0.1, -0.05) is 30.3 Å². The number of carbonyl (C=O) groups is 2. The Morgan fingerprint density at radius 2 is 1.92 bits per heavy atom. The fourth-order valence-corrected chi connectivity index (χ4v) is 2.23. The molecule has 2 rings (SSSR count). The van der Waals surface area contributed by atoms with E-state index in [-0.39, 0.29) is 12.4 Å². The second-order valence-corrected chi connectivity index (χ2v) is 6.65. The van der Waals surface area contributed by atoms with E-state index in [0.29, 0.717) is 12.2 Å². The Kier molecular flexibility index (Phi) is 6.32. The second-order valence-electron chi connectivity index (χ2n) is 6.65. The molecule has 0 spiro atoms. The molecule has 1 heterocycles. The van der Waals surface area contributed by atoms with Gasteiger partial charge in [0, 0.05) is 6.42 Å². The zero-order chi connectivity index (χ0) is 19.2. The average Bonchev–Trinajstić information content (AvgIpc) is 3.04. The van der Waals surface area contributed by atoms with Crippen LogP contribution in [0.15, 0.2) is 30.3 Å². The molecule has 1 atom stereocenters. The van der Waals surface area contributed by atoms with Gasteiger partial charge in [0.2, 0.25) is 0 Å². The van der Waals surface area contributed by atoms with Gasteiger partial charge in [0.05, 0.1) is 12.6 Å². The number of amides is 1. The number of aromatic nitrogens is 3. The van der Waals surface area contributed by atoms with Crippen molar-refractivity contribution < 1.29 is 19.1 Å². The van der Waals surface area contributed by atoms with Crippen molar-refractivity contribution in [1.82, 2.24) is 20.5 Å². The lowest BCUT2D eigenvalue weighted by molar-refractivity contribution is 0.0498. The molecule has 0 radical (unpaired) electrons. The standard InChI is InChI=1S/C18H24N4O4/c1-5-25-16(23)15-20-14(21-22-15)13(11-12-9-7-6-8-10-12)19-17(24)26-18(2,3)4/h6-10,13H,5,11H2,1-4H3,(H,19,24)(H,20,21,22). The highest BCUT2D eigenvalue weighted by atomic mass is 16.6. The number of nitrogens with zero attached hydrogens (tertiary/aromatic N) is 2. The van der Waals surface area contributed by atoms with Gasteiger partial charge < -0.3 is 14.8 Å². The van der Waals surface area contributed by atoms with Crippen LogP contribution >= 0.6 is 0 Å². The molecule has 0 aliphatic heterocycles. The lowest BCUT2D eigenvalue weighted by Crippen LogP contribution is -2.36. The van der Waals surface area contributed by atoms with Crippen molar-refractivity contribution in [2.45, 2.75) is 45.8 Å². The van der Waals surface area contributed by atoms with Crippen LogP contribution in [0.1, 0.15) is 55.7 Å². The molecular weight excluding hydrogens is 336 g/mol. The fraction of sp³-hybridized carbons (Fsp3) is 0.444. The van der Waals surface area contributed by atoms with Crippen LogP contribution in [-0.4, -0.2) is 39.5 Å². The van der Waals surface area contributed by atoms with Crippen LogP contribution < -0.4 is 5.32 Å². The number of nitrogens with one attached hydrogen (secondary N) is 2. The third-order valence-electron chi connectivity index (χ3n) is 3.26. The van der Waals surface area contributed by atoms with E-state index in [4.69, 9.17) is 9.47 Å². The van der Waals surface area contributed by atoms with Crippen molar-refractivity contribution in [1.29, 1.82) is 0 Å². The lowest BCUT2D eigenvalue weighted by Gasteiger charge is -2.22. The summed E-state index contributed by atoms with van der Waals surface area (Å²) < 4.78 is 10.2. The van der Waals surface area contributed by atoms with Crippen molar-refractivity contribution in [3.05, 3.63) is 47.5 Å².